The fraction of sp³-hybridized carbons (Fsp3) is 0.115. The topological polar surface area (TPSA) is 79.6 Å². The van der Waals surface area contributed by atoms with Crippen LogP contribution in [0.15, 0.2) is 91.3 Å². The quantitative estimate of drug-likeness (QED) is 0.394. The number of hydrogen-bond donors (Lipinski definition) is 2. The molecule has 2 N–H and O–H groups in total. The van der Waals surface area contributed by atoms with Crippen LogP contribution in [0.5, 0.6) is 5.75 Å². The zero-order valence-electron chi connectivity index (χ0n) is 18.3. The molecule has 1 fully saturated rings. The van der Waals surface area contributed by atoms with E-state index in [1.54, 1.807) is 37.6 Å². The third kappa shape index (κ3) is 3.88. The Bertz CT molecular complexity index is 1320. The Kier molecular flexibility index (Phi) is 5.73. The highest BCUT2D eigenvalue weighted by Crippen LogP contribution is 2.42. The van der Waals surface area contributed by atoms with Crippen molar-refractivity contribution in [1.29, 1.82) is 0 Å². The maximum Gasteiger partial charge on any atom is 0.335 e. The van der Waals surface area contributed by atoms with Crippen LogP contribution in [0.25, 0.3) is 5.69 Å². The summed E-state index contributed by atoms with van der Waals surface area (Å²) in [6.07, 6.45) is 3.74. The predicted octanol–water partition coefficient (Wildman–Crippen LogP) is 4.76. The van der Waals surface area contributed by atoms with E-state index in [0.29, 0.717) is 5.11 Å². The minimum Gasteiger partial charge on any atom is -0.497 e. The molecule has 1 aliphatic heterocycles. The Morgan fingerprint density at radius 3 is 2.38 bits per heavy atom. The number of methoxy groups -OCH3 is 1. The molecule has 4 aromatic rings. The van der Waals surface area contributed by atoms with E-state index in [9.17, 15) is 9.90 Å². The number of ether oxygens (including phenoxy) is 1. The number of rotatable bonds is 6. The third-order valence-electron chi connectivity index (χ3n) is 5.92. The summed E-state index contributed by atoms with van der Waals surface area (Å²) in [6.45, 7) is 0. The van der Waals surface area contributed by atoms with E-state index >= 15 is 0 Å². The van der Waals surface area contributed by atoms with Crippen molar-refractivity contribution in [2.24, 2.45) is 0 Å². The smallest absolute Gasteiger partial charge is 0.335 e. The largest absolute Gasteiger partial charge is 0.497 e. The molecule has 7 nitrogen and oxygen atoms in total. The van der Waals surface area contributed by atoms with E-state index in [0.717, 1.165) is 28.5 Å². The van der Waals surface area contributed by atoms with Gasteiger partial charge in [-0.2, -0.15) is 0 Å². The second-order valence-corrected chi connectivity index (χ2v) is 8.24. The number of pyridine rings is 1. The van der Waals surface area contributed by atoms with Crippen molar-refractivity contribution < 1.29 is 14.6 Å². The molecule has 170 valence electrons. The van der Waals surface area contributed by atoms with Crippen LogP contribution in [0, 0.1) is 0 Å². The number of anilines is 1. The van der Waals surface area contributed by atoms with Crippen LogP contribution in [0.3, 0.4) is 0 Å². The average Bonchev–Trinajstić information content (AvgIpc) is 3.49. The van der Waals surface area contributed by atoms with Gasteiger partial charge in [0.2, 0.25) is 0 Å². The van der Waals surface area contributed by atoms with Gasteiger partial charge in [0.25, 0.3) is 0 Å². The molecule has 8 heteroatoms. The van der Waals surface area contributed by atoms with Crippen LogP contribution in [0.4, 0.5) is 5.69 Å². The first-order valence-electron chi connectivity index (χ1n) is 10.7. The third-order valence-corrected chi connectivity index (χ3v) is 6.24. The molecule has 1 aliphatic rings. The van der Waals surface area contributed by atoms with E-state index in [4.69, 9.17) is 17.0 Å². The molecule has 2 aromatic heterocycles. The number of carboxylic acids is 1. The molecule has 2 aromatic carbocycles. The van der Waals surface area contributed by atoms with Crippen molar-refractivity contribution in [1.82, 2.24) is 14.9 Å². The Morgan fingerprint density at radius 1 is 1.00 bits per heavy atom. The van der Waals surface area contributed by atoms with E-state index in [2.05, 4.69) is 25.8 Å². The summed E-state index contributed by atoms with van der Waals surface area (Å²) in [6, 6.07) is 24.1. The summed E-state index contributed by atoms with van der Waals surface area (Å²) >= 11 is 5.80. The molecular weight excluding hydrogens is 448 g/mol. The first-order valence-corrected chi connectivity index (χ1v) is 11.1. The zero-order valence-corrected chi connectivity index (χ0v) is 19.1. The normalized spacial score (nSPS) is 17.4. The van der Waals surface area contributed by atoms with Crippen molar-refractivity contribution >= 4 is 29.0 Å². The lowest BCUT2D eigenvalue weighted by Crippen LogP contribution is -2.30. The number of aromatic carboxylic acids is 1. The van der Waals surface area contributed by atoms with Crippen LogP contribution in [0.2, 0.25) is 0 Å². The number of benzene rings is 2. The summed E-state index contributed by atoms with van der Waals surface area (Å²) in [5.74, 6) is -0.188. The second-order valence-electron chi connectivity index (χ2n) is 7.85. The fourth-order valence-electron chi connectivity index (χ4n) is 4.31. The molecule has 3 heterocycles. The van der Waals surface area contributed by atoms with Gasteiger partial charge in [0, 0.05) is 29.5 Å². The Balaban J connectivity index is 1.62. The van der Waals surface area contributed by atoms with Crippen LogP contribution in [-0.4, -0.2) is 32.8 Å². The number of hydrogen-bond acceptors (Lipinski definition) is 4. The van der Waals surface area contributed by atoms with Crippen molar-refractivity contribution in [3.05, 3.63) is 108 Å². The molecule has 1 saturated heterocycles. The lowest BCUT2D eigenvalue weighted by Gasteiger charge is -2.29. The van der Waals surface area contributed by atoms with Gasteiger partial charge in [-0.1, -0.05) is 6.07 Å². The molecule has 0 bridgehead atoms. The van der Waals surface area contributed by atoms with Gasteiger partial charge in [-0.05, 0) is 85.0 Å². The molecule has 0 spiro atoms. The Morgan fingerprint density at radius 2 is 1.74 bits per heavy atom. The summed E-state index contributed by atoms with van der Waals surface area (Å²) < 4.78 is 7.38. The summed E-state index contributed by atoms with van der Waals surface area (Å²) in [4.78, 5) is 18.0. The SMILES string of the molecule is COc1ccc(N2C(=S)N[C@H](c3ccccn3)[C@@H]2c2cccn2-c2ccc(C(=O)O)cc2)cc1. The maximum atomic E-state index is 11.3. The molecule has 34 heavy (non-hydrogen) atoms. The first-order chi connectivity index (χ1) is 16.6. The van der Waals surface area contributed by atoms with E-state index in [1.807, 2.05) is 54.7 Å². The number of nitrogens with zero attached hydrogens (tertiary/aromatic N) is 3. The summed E-state index contributed by atoms with van der Waals surface area (Å²) in [5.41, 5.74) is 3.89. The fourth-order valence-corrected chi connectivity index (χ4v) is 4.66. The van der Waals surface area contributed by atoms with Gasteiger partial charge in [-0.25, -0.2) is 4.79 Å². The monoisotopic (exact) mass is 470 g/mol. The number of carbonyl (C=O) groups is 1. The zero-order chi connectivity index (χ0) is 23.7. The van der Waals surface area contributed by atoms with E-state index < -0.39 is 5.97 Å². The second kappa shape index (κ2) is 8.99. The van der Waals surface area contributed by atoms with E-state index in [1.165, 1.54) is 0 Å². The van der Waals surface area contributed by atoms with Crippen molar-refractivity contribution in [2.45, 2.75) is 12.1 Å². The van der Waals surface area contributed by atoms with Gasteiger partial charge in [-0.15, -0.1) is 0 Å². The van der Waals surface area contributed by atoms with Crippen LogP contribution >= 0.6 is 12.2 Å². The molecule has 0 radical (unpaired) electrons. The summed E-state index contributed by atoms with van der Waals surface area (Å²) in [5, 5.41) is 13.3. The van der Waals surface area contributed by atoms with Crippen LogP contribution < -0.4 is 15.0 Å². The average molecular weight is 471 g/mol. The van der Waals surface area contributed by atoms with Gasteiger partial charge in [0.1, 0.15) is 11.8 Å². The highest BCUT2D eigenvalue weighted by molar-refractivity contribution is 7.80. The summed E-state index contributed by atoms with van der Waals surface area (Å²) in [7, 11) is 1.64. The van der Waals surface area contributed by atoms with Crippen molar-refractivity contribution in [3.63, 3.8) is 0 Å². The maximum absolute atomic E-state index is 11.3. The molecule has 5 rings (SSSR count). The van der Waals surface area contributed by atoms with Gasteiger partial charge in [0.05, 0.1) is 24.4 Å². The van der Waals surface area contributed by atoms with Gasteiger partial charge < -0.3 is 24.6 Å². The highest BCUT2D eigenvalue weighted by atomic mass is 32.1. The van der Waals surface area contributed by atoms with E-state index in [-0.39, 0.29) is 17.6 Å². The predicted molar refractivity (Wildman–Crippen MR) is 134 cm³/mol. The van der Waals surface area contributed by atoms with Gasteiger partial charge in [0.15, 0.2) is 5.11 Å². The molecule has 0 unspecified atom stereocenters. The van der Waals surface area contributed by atoms with Crippen molar-refractivity contribution in [2.75, 3.05) is 12.0 Å². The minimum atomic E-state index is -0.953. The standard InChI is InChI=1S/C26H22N4O3S/c1-33-20-13-11-19(12-14-20)30-24(23(28-26(30)34)21-5-2-3-15-27-21)22-6-4-16-29(22)18-9-7-17(8-10-18)25(31)32/h2-16,23-24H,1H3,(H,28,34)(H,31,32)/t23-,24+/m1/s1. The number of thiocarbonyl (C=S) groups is 1. The van der Waals surface area contributed by atoms with Crippen LogP contribution in [0.1, 0.15) is 33.8 Å². The van der Waals surface area contributed by atoms with Crippen molar-refractivity contribution in [3.8, 4) is 11.4 Å². The Hall–Kier alpha value is -4.17. The molecular formula is C26H22N4O3S. The van der Waals surface area contributed by atoms with Crippen LogP contribution in [-0.2, 0) is 0 Å². The highest BCUT2D eigenvalue weighted by Gasteiger charge is 2.42. The lowest BCUT2D eigenvalue weighted by atomic mass is 10.0. The van der Waals surface area contributed by atoms with Gasteiger partial charge in [-0.3, -0.25) is 4.98 Å². The first kappa shape index (κ1) is 21.7. The molecule has 0 amide bonds. The Labute approximate surface area is 202 Å². The molecule has 2 atom stereocenters. The number of nitrogens with one attached hydrogen (secondary N) is 1. The number of aromatic nitrogens is 2. The molecule has 0 saturated carbocycles. The number of carboxylic acid groups (broad SMARTS) is 1. The van der Waals surface area contributed by atoms with Gasteiger partial charge >= 0.3 is 5.97 Å². The molecule has 0 aliphatic carbocycles. The lowest BCUT2D eigenvalue weighted by molar-refractivity contribution is 0.0697. The minimum absolute atomic E-state index is 0.192.